The predicted octanol–water partition coefficient (Wildman–Crippen LogP) is 5.18. The van der Waals surface area contributed by atoms with E-state index in [0.717, 1.165) is 30.7 Å². The van der Waals surface area contributed by atoms with Crippen LogP contribution in [0.2, 0.25) is 0 Å². The monoisotopic (exact) mass is 388 g/mol. The zero-order valence-corrected chi connectivity index (χ0v) is 16.6. The lowest BCUT2D eigenvalue weighted by Gasteiger charge is -2.33. The Labute approximate surface area is 169 Å². The number of fused-ring (bicyclic) bond motifs is 1. The van der Waals surface area contributed by atoms with E-state index >= 15 is 0 Å². The number of hydrogen-bond donors (Lipinski definition) is 1. The molecule has 1 aliphatic rings. The average Bonchev–Trinajstić information content (AvgIpc) is 3.38. The quantitative estimate of drug-likeness (QED) is 0.490. The van der Waals surface area contributed by atoms with Crippen LogP contribution in [0.3, 0.4) is 0 Å². The van der Waals surface area contributed by atoms with E-state index in [0.29, 0.717) is 6.04 Å². The van der Waals surface area contributed by atoms with Gasteiger partial charge in [-0.2, -0.15) is 5.10 Å². The summed E-state index contributed by atoms with van der Waals surface area (Å²) in [6.45, 7) is 3.18. The molecule has 0 bridgehead atoms. The molecule has 2 aromatic carbocycles. The smallest absolute Gasteiger partial charge is 0.0687 e. The molecule has 5 rings (SSSR count). The second-order valence-corrected chi connectivity index (χ2v) is 8.56. The molecule has 142 valence electrons. The highest BCUT2D eigenvalue weighted by Crippen LogP contribution is 2.28. The first-order valence-electron chi connectivity index (χ1n) is 9.84. The van der Waals surface area contributed by atoms with E-state index in [4.69, 9.17) is 5.73 Å². The average molecular weight is 389 g/mol. The van der Waals surface area contributed by atoms with Crippen molar-refractivity contribution in [1.82, 2.24) is 14.7 Å². The van der Waals surface area contributed by atoms with Crippen molar-refractivity contribution in [2.24, 2.45) is 0 Å². The molecule has 0 radical (unpaired) electrons. The van der Waals surface area contributed by atoms with E-state index in [9.17, 15) is 0 Å². The molecule has 0 saturated carbocycles. The van der Waals surface area contributed by atoms with E-state index < -0.39 is 0 Å². The summed E-state index contributed by atoms with van der Waals surface area (Å²) in [5.74, 6) is 0. The number of thiophene rings is 1. The Balaban J connectivity index is 1.30. The maximum absolute atomic E-state index is 5.92. The first kappa shape index (κ1) is 17.5. The van der Waals surface area contributed by atoms with Gasteiger partial charge in [0.05, 0.1) is 17.8 Å². The second kappa shape index (κ2) is 7.41. The van der Waals surface area contributed by atoms with E-state index in [1.54, 1.807) is 11.3 Å². The van der Waals surface area contributed by atoms with E-state index in [1.807, 2.05) is 18.3 Å². The molecule has 0 amide bonds. The summed E-state index contributed by atoms with van der Waals surface area (Å²) in [6.07, 6.45) is 4.32. The Morgan fingerprint density at radius 1 is 1.11 bits per heavy atom. The summed E-state index contributed by atoms with van der Waals surface area (Å²) in [7, 11) is 0. The molecule has 4 aromatic rings. The summed E-state index contributed by atoms with van der Waals surface area (Å²) in [4.78, 5) is 3.88. The number of likely N-dealkylation sites (tertiary alicyclic amines) is 1. The lowest BCUT2D eigenvalue weighted by atomic mass is 10.0. The zero-order chi connectivity index (χ0) is 18.9. The molecular formula is C23H24N4S. The lowest BCUT2D eigenvalue weighted by molar-refractivity contribution is 0.165. The fraction of sp³-hybridized carbons (Fsp3) is 0.261. The van der Waals surface area contributed by atoms with Crippen LogP contribution in [0.1, 0.15) is 24.4 Å². The van der Waals surface area contributed by atoms with Crippen molar-refractivity contribution >= 4 is 27.9 Å². The Morgan fingerprint density at radius 3 is 2.82 bits per heavy atom. The molecule has 0 aliphatic carbocycles. The minimum absolute atomic E-state index is 0.417. The van der Waals surface area contributed by atoms with Crippen molar-refractivity contribution < 1.29 is 0 Å². The summed E-state index contributed by atoms with van der Waals surface area (Å²) in [5, 5.41) is 7.93. The van der Waals surface area contributed by atoms with Crippen LogP contribution < -0.4 is 5.73 Å². The van der Waals surface area contributed by atoms with Crippen molar-refractivity contribution in [3.05, 3.63) is 71.7 Å². The van der Waals surface area contributed by atoms with Gasteiger partial charge >= 0.3 is 0 Å². The molecule has 28 heavy (non-hydrogen) atoms. The van der Waals surface area contributed by atoms with Crippen LogP contribution in [0.15, 0.2) is 66.2 Å². The van der Waals surface area contributed by atoms with Crippen LogP contribution in [0.4, 0.5) is 5.69 Å². The highest BCUT2D eigenvalue weighted by molar-refractivity contribution is 7.13. The second-order valence-electron chi connectivity index (χ2n) is 7.61. The largest absolute Gasteiger partial charge is 0.399 e. The van der Waals surface area contributed by atoms with Gasteiger partial charge in [-0.3, -0.25) is 9.58 Å². The molecule has 2 N–H and O–H groups in total. The Kier molecular flexibility index (Phi) is 4.63. The van der Waals surface area contributed by atoms with E-state index in [1.165, 1.54) is 34.4 Å². The van der Waals surface area contributed by atoms with Gasteiger partial charge in [0.2, 0.25) is 0 Å². The number of aromatic nitrogens is 2. The Hall–Kier alpha value is -2.63. The highest BCUT2D eigenvalue weighted by atomic mass is 32.1. The van der Waals surface area contributed by atoms with Gasteiger partial charge in [-0.25, -0.2) is 0 Å². The van der Waals surface area contributed by atoms with Gasteiger partial charge in [-0.1, -0.05) is 30.3 Å². The fourth-order valence-electron chi connectivity index (χ4n) is 4.21. The third-order valence-corrected chi connectivity index (χ3v) is 6.53. The molecule has 4 nitrogen and oxygen atoms in total. The molecule has 5 heteroatoms. The minimum Gasteiger partial charge on any atom is -0.399 e. The number of nitrogen functional groups attached to an aromatic ring is 1. The standard InChI is InChI=1S/C23H24N4S/c24-20-9-10-22-19(13-20)14-25-27(22)21-3-1-11-26(16-21)15-17-5-7-18(8-6-17)23-4-2-12-28-23/h2,4-10,12-14,21H,1,3,11,15-16,24H2. The van der Waals surface area contributed by atoms with Crippen molar-refractivity contribution in [2.75, 3.05) is 18.8 Å². The van der Waals surface area contributed by atoms with Crippen LogP contribution in [0, 0.1) is 0 Å². The van der Waals surface area contributed by atoms with E-state index in [2.05, 4.69) is 62.5 Å². The van der Waals surface area contributed by atoms with Crippen LogP contribution in [-0.2, 0) is 6.54 Å². The molecule has 1 fully saturated rings. The van der Waals surface area contributed by atoms with Gasteiger partial charge in [-0.15, -0.1) is 11.3 Å². The number of benzene rings is 2. The summed E-state index contributed by atoms with van der Waals surface area (Å²) < 4.78 is 2.20. The number of rotatable bonds is 4. The maximum atomic E-state index is 5.92. The van der Waals surface area contributed by atoms with E-state index in [-0.39, 0.29) is 0 Å². The summed E-state index contributed by atoms with van der Waals surface area (Å²) >= 11 is 1.79. The van der Waals surface area contributed by atoms with Crippen molar-refractivity contribution in [1.29, 1.82) is 0 Å². The van der Waals surface area contributed by atoms with Crippen LogP contribution in [0.25, 0.3) is 21.3 Å². The van der Waals surface area contributed by atoms with Crippen molar-refractivity contribution in [3.8, 4) is 10.4 Å². The van der Waals surface area contributed by atoms with Gasteiger partial charge < -0.3 is 5.73 Å². The van der Waals surface area contributed by atoms with Crippen LogP contribution in [0.5, 0.6) is 0 Å². The van der Waals surface area contributed by atoms with Crippen LogP contribution in [-0.4, -0.2) is 27.8 Å². The van der Waals surface area contributed by atoms with Gasteiger partial charge in [-0.05, 0) is 60.2 Å². The molecule has 1 saturated heterocycles. The normalized spacial score (nSPS) is 17.9. The molecule has 0 spiro atoms. The minimum atomic E-state index is 0.417. The lowest BCUT2D eigenvalue weighted by Crippen LogP contribution is -2.36. The number of nitrogens with zero attached hydrogens (tertiary/aromatic N) is 3. The summed E-state index contributed by atoms with van der Waals surface area (Å²) in [6, 6.07) is 19.8. The van der Waals surface area contributed by atoms with Gasteiger partial charge in [0.25, 0.3) is 0 Å². The molecule has 1 atom stereocenters. The first-order chi connectivity index (χ1) is 13.8. The van der Waals surface area contributed by atoms with Crippen LogP contribution >= 0.6 is 11.3 Å². The van der Waals surface area contributed by atoms with Gasteiger partial charge in [0.1, 0.15) is 0 Å². The number of nitrogens with two attached hydrogens (primary N) is 1. The predicted molar refractivity (Wildman–Crippen MR) is 117 cm³/mol. The maximum Gasteiger partial charge on any atom is 0.0687 e. The third-order valence-electron chi connectivity index (χ3n) is 5.61. The number of anilines is 1. The summed E-state index contributed by atoms with van der Waals surface area (Å²) in [5.41, 5.74) is 10.6. The topological polar surface area (TPSA) is 47.1 Å². The van der Waals surface area contributed by atoms with Gasteiger partial charge in [0.15, 0.2) is 0 Å². The Bertz CT molecular complexity index is 1070. The molecule has 2 aromatic heterocycles. The molecule has 3 heterocycles. The van der Waals surface area contributed by atoms with Crippen molar-refractivity contribution in [3.63, 3.8) is 0 Å². The fourth-order valence-corrected chi connectivity index (χ4v) is 4.95. The molecule has 1 unspecified atom stereocenters. The molecular weight excluding hydrogens is 364 g/mol. The highest BCUT2D eigenvalue weighted by Gasteiger charge is 2.23. The SMILES string of the molecule is Nc1ccc2c(cnn2C2CCCN(Cc3ccc(-c4cccs4)cc3)C2)c1. The molecule has 1 aliphatic heterocycles. The first-order valence-corrected chi connectivity index (χ1v) is 10.7. The number of hydrogen-bond acceptors (Lipinski definition) is 4. The third kappa shape index (κ3) is 3.43. The van der Waals surface area contributed by atoms with Gasteiger partial charge in [0, 0.05) is 29.0 Å². The number of piperidine rings is 1. The zero-order valence-electron chi connectivity index (χ0n) is 15.8. The van der Waals surface area contributed by atoms with Crippen molar-refractivity contribution in [2.45, 2.75) is 25.4 Å². The Morgan fingerprint density at radius 2 is 2.00 bits per heavy atom.